The second-order valence-electron chi connectivity index (χ2n) is 5.41. The van der Waals surface area contributed by atoms with Crippen LogP contribution in [0.2, 0.25) is 0 Å². The van der Waals surface area contributed by atoms with E-state index >= 15 is 0 Å². The third kappa shape index (κ3) is 17.2. The number of rotatable bonds is 14. The van der Waals surface area contributed by atoms with E-state index in [9.17, 15) is 0 Å². The van der Waals surface area contributed by atoms with Crippen molar-refractivity contribution in [2.75, 3.05) is 0 Å². The average molecular weight is 276 g/mol. The van der Waals surface area contributed by atoms with Crippen LogP contribution in [0, 0.1) is 6.92 Å². The SMILES string of the molecule is [CH2]CCCCCCCCCC=CCC=CCC=CCC. The smallest absolute Gasteiger partial charge is 0.0169 e. The molecule has 0 heterocycles. The molecule has 0 aliphatic carbocycles. The lowest BCUT2D eigenvalue weighted by molar-refractivity contribution is 0.583. The highest BCUT2D eigenvalue weighted by atomic mass is 14.0. The molecule has 115 valence electrons. The van der Waals surface area contributed by atoms with E-state index in [0.717, 1.165) is 25.7 Å². The molecule has 0 aromatic carbocycles. The first-order valence-electron chi connectivity index (χ1n) is 8.66. The van der Waals surface area contributed by atoms with Crippen molar-refractivity contribution < 1.29 is 0 Å². The van der Waals surface area contributed by atoms with Crippen molar-refractivity contribution in [2.24, 2.45) is 0 Å². The van der Waals surface area contributed by atoms with Gasteiger partial charge in [-0.1, -0.05) is 95.2 Å². The first-order valence-corrected chi connectivity index (χ1v) is 8.66. The fourth-order valence-electron chi connectivity index (χ4n) is 2.15. The van der Waals surface area contributed by atoms with Crippen LogP contribution in [-0.4, -0.2) is 0 Å². The van der Waals surface area contributed by atoms with E-state index in [-0.39, 0.29) is 0 Å². The topological polar surface area (TPSA) is 0 Å². The fraction of sp³-hybridized carbons (Fsp3) is 0.650. The van der Waals surface area contributed by atoms with Crippen LogP contribution in [0.3, 0.4) is 0 Å². The molecule has 0 heteroatoms. The summed E-state index contributed by atoms with van der Waals surface area (Å²) in [5.74, 6) is 0. The zero-order valence-corrected chi connectivity index (χ0v) is 13.7. The van der Waals surface area contributed by atoms with Gasteiger partial charge in [-0.3, -0.25) is 0 Å². The summed E-state index contributed by atoms with van der Waals surface area (Å²) in [5.41, 5.74) is 0. The molecule has 0 saturated heterocycles. The maximum absolute atomic E-state index is 3.88. The Morgan fingerprint density at radius 3 is 1.70 bits per heavy atom. The zero-order chi connectivity index (χ0) is 14.7. The molecule has 0 fully saturated rings. The maximum Gasteiger partial charge on any atom is -0.0169 e. The lowest BCUT2D eigenvalue weighted by atomic mass is 10.1. The quantitative estimate of drug-likeness (QED) is 0.232. The van der Waals surface area contributed by atoms with Gasteiger partial charge in [0.05, 0.1) is 0 Å². The Kier molecular flexibility index (Phi) is 17.5. The standard InChI is InChI=1S/C20H35/c1-3-5-7-9-11-13-15-17-19-20-18-16-14-12-10-8-6-4-2/h6,8,12,14,18,20H,1,3-5,7,9-11,13,15-17,19H2,2H3. The Morgan fingerprint density at radius 1 is 0.600 bits per heavy atom. The Labute approximate surface area is 128 Å². The van der Waals surface area contributed by atoms with Crippen LogP contribution in [0.4, 0.5) is 0 Å². The van der Waals surface area contributed by atoms with E-state index < -0.39 is 0 Å². The lowest BCUT2D eigenvalue weighted by Crippen LogP contribution is -1.79. The van der Waals surface area contributed by atoms with Gasteiger partial charge in [0.2, 0.25) is 0 Å². The van der Waals surface area contributed by atoms with Crippen molar-refractivity contribution in [3.8, 4) is 0 Å². The molecule has 0 bridgehead atoms. The van der Waals surface area contributed by atoms with Gasteiger partial charge in [0, 0.05) is 0 Å². The molecule has 0 aromatic heterocycles. The monoisotopic (exact) mass is 275 g/mol. The van der Waals surface area contributed by atoms with Crippen molar-refractivity contribution >= 4 is 0 Å². The first-order chi connectivity index (χ1) is 9.91. The molecular formula is C20H35. The van der Waals surface area contributed by atoms with Gasteiger partial charge in [-0.05, 0) is 32.1 Å². The lowest BCUT2D eigenvalue weighted by Gasteiger charge is -1.99. The molecule has 0 N–H and O–H groups in total. The summed E-state index contributed by atoms with van der Waals surface area (Å²) in [7, 11) is 0. The van der Waals surface area contributed by atoms with E-state index in [4.69, 9.17) is 0 Å². The summed E-state index contributed by atoms with van der Waals surface area (Å²) >= 11 is 0. The summed E-state index contributed by atoms with van der Waals surface area (Å²) in [6.45, 7) is 6.05. The van der Waals surface area contributed by atoms with Gasteiger partial charge in [0.15, 0.2) is 0 Å². The van der Waals surface area contributed by atoms with Gasteiger partial charge >= 0.3 is 0 Å². The van der Waals surface area contributed by atoms with E-state index in [1.54, 1.807) is 0 Å². The van der Waals surface area contributed by atoms with Crippen molar-refractivity contribution in [3.05, 3.63) is 43.4 Å². The number of hydrogen-bond acceptors (Lipinski definition) is 0. The predicted molar refractivity (Wildman–Crippen MR) is 93.9 cm³/mol. The second-order valence-corrected chi connectivity index (χ2v) is 5.41. The highest BCUT2D eigenvalue weighted by Crippen LogP contribution is 2.09. The van der Waals surface area contributed by atoms with Crippen molar-refractivity contribution in [3.63, 3.8) is 0 Å². The summed E-state index contributed by atoms with van der Waals surface area (Å²) in [6, 6.07) is 0. The molecule has 0 spiro atoms. The Morgan fingerprint density at radius 2 is 1.10 bits per heavy atom. The van der Waals surface area contributed by atoms with E-state index in [1.807, 2.05) is 0 Å². The third-order valence-corrected chi connectivity index (χ3v) is 3.40. The minimum atomic E-state index is 1.08. The largest absolute Gasteiger partial charge is 0.0885 e. The number of hydrogen-bond donors (Lipinski definition) is 0. The molecule has 0 saturated carbocycles. The molecule has 0 amide bonds. The molecule has 0 aliphatic rings. The fourth-order valence-corrected chi connectivity index (χ4v) is 2.15. The molecule has 0 atom stereocenters. The van der Waals surface area contributed by atoms with Crippen LogP contribution in [0.15, 0.2) is 36.5 Å². The van der Waals surface area contributed by atoms with Gasteiger partial charge in [0.25, 0.3) is 0 Å². The maximum atomic E-state index is 3.88. The van der Waals surface area contributed by atoms with Gasteiger partial charge in [-0.2, -0.15) is 0 Å². The number of unbranched alkanes of at least 4 members (excludes halogenated alkanes) is 8. The summed E-state index contributed by atoms with van der Waals surface area (Å²) in [5, 5.41) is 0. The summed E-state index contributed by atoms with van der Waals surface area (Å²) in [4.78, 5) is 0. The minimum Gasteiger partial charge on any atom is -0.0885 e. The molecule has 0 aliphatic heterocycles. The molecule has 0 unspecified atom stereocenters. The zero-order valence-electron chi connectivity index (χ0n) is 13.7. The van der Waals surface area contributed by atoms with Crippen LogP contribution >= 0.6 is 0 Å². The van der Waals surface area contributed by atoms with Crippen molar-refractivity contribution in [1.82, 2.24) is 0 Å². The van der Waals surface area contributed by atoms with Crippen LogP contribution < -0.4 is 0 Å². The van der Waals surface area contributed by atoms with E-state index in [1.165, 1.54) is 51.4 Å². The average Bonchev–Trinajstić information content (AvgIpc) is 2.47. The highest BCUT2D eigenvalue weighted by Gasteiger charge is 1.90. The minimum absolute atomic E-state index is 1.08. The Hall–Kier alpha value is -0.780. The summed E-state index contributed by atoms with van der Waals surface area (Å²) in [6.07, 6.45) is 29.0. The number of allylic oxidation sites excluding steroid dienone is 6. The Balaban J connectivity index is 3.17. The highest BCUT2D eigenvalue weighted by molar-refractivity contribution is 4.96. The van der Waals surface area contributed by atoms with Crippen LogP contribution in [0.25, 0.3) is 0 Å². The van der Waals surface area contributed by atoms with Gasteiger partial charge in [-0.25, -0.2) is 0 Å². The second kappa shape index (κ2) is 18.2. The van der Waals surface area contributed by atoms with Gasteiger partial charge in [0.1, 0.15) is 0 Å². The molecule has 1 radical (unpaired) electrons. The van der Waals surface area contributed by atoms with Crippen molar-refractivity contribution in [1.29, 1.82) is 0 Å². The predicted octanol–water partition coefficient (Wildman–Crippen LogP) is 7.19. The van der Waals surface area contributed by atoms with Crippen LogP contribution in [0.5, 0.6) is 0 Å². The Bertz CT molecular complexity index is 245. The van der Waals surface area contributed by atoms with E-state index in [0.29, 0.717) is 0 Å². The van der Waals surface area contributed by atoms with Crippen LogP contribution in [-0.2, 0) is 0 Å². The van der Waals surface area contributed by atoms with Gasteiger partial charge in [-0.15, -0.1) is 0 Å². The van der Waals surface area contributed by atoms with Crippen molar-refractivity contribution in [2.45, 2.75) is 84.0 Å². The molecule has 0 nitrogen and oxygen atoms in total. The molecule has 20 heavy (non-hydrogen) atoms. The van der Waals surface area contributed by atoms with E-state index in [2.05, 4.69) is 50.3 Å². The molecule has 0 rings (SSSR count). The summed E-state index contributed by atoms with van der Waals surface area (Å²) < 4.78 is 0. The molecular weight excluding hydrogens is 240 g/mol. The first kappa shape index (κ1) is 19.2. The van der Waals surface area contributed by atoms with Gasteiger partial charge < -0.3 is 0 Å². The molecule has 0 aromatic rings. The third-order valence-electron chi connectivity index (χ3n) is 3.40. The van der Waals surface area contributed by atoms with Crippen LogP contribution in [0.1, 0.15) is 84.0 Å². The normalized spacial score (nSPS) is 12.3.